The van der Waals surface area contributed by atoms with Gasteiger partial charge < -0.3 is 15.4 Å². The van der Waals surface area contributed by atoms with Crippen LogP contribution < -0.4 is 15.4 Å². The van der Waals surface area contributed by atoms with E-state index in [0.29, 0.717) is 17.3 Å². The van der Waals surface area contributed by atoms with Crippen molar-refractivity contribution in [3.05, 3.63) is 88.9 Å². The average Bonchev–Trinajstić information content (AvgIpc) is 3.49. The monoisotopic (exact) mass is 443 g/mol. The number of hydrogen-bond donors (Lipinski definition) is 2. The molecule has 4 aromatic rings. The van der Waals surface area contributed by atoms with Crippen molar-refractivity contribution in [2.75, 3.05) is 17.7 Å². The molecule has 0 saturated heterocycles. The van der Waals surface area contributed by atoms with Crippen LogP contribution in [0, 0.1) is 0 Å². The largest absolute Gasteiger partial charge is 0.497 e. The molecule has 2 aromatic carbocycles. The molecule has 1 amide bonds. The van der Waals surface area contributed by atoms with Crippen molar-refractivity contribution in [1.82, 2.24) is 14.8 Å². The van der Waals surface area contributed by atoms with Gasteiger partial charge in [0.25, 0.3) is 5.91 Å². The van der Waals surface area contributed by atoms with Gasteiger partial charge in [-0.05, 0) is 48.2 Å². The first-order chi connectivity index (χ1) is 15.6. The number of nitrogens with one attached hydrogen (secondary N) is 2. The van der Waals surface area contributed by atoms with Gasteiger partial charge in [0.15, 0.2) is 5.82 Å². The van der Waals surface area contributed by atoms with E-state index in [1.807, 2.05) is 79.0 Å². The van der Waals surface area contributed by atoms with Crippen molar-refractivity contribution < 1.29 is 9.53 Å². The Morgan fingerprint density at radius 3 is 2.56 bits per heavy atom. The van der Waals surface area contributed by atoms with Crippen LogP contribution in [0.5, 0.6) is 5.75 Å². The summed E-state index contributed by atoms with van der Waals surface area (Å²) in [6, 6.07) is 20.6. The molecule has 32 heavy (non-hydrogen) atoms. The first-order valence-electron chi connectivity index (χ1n) is 10.1. The number of rotatable bonds is 5. The van der Waals surface area contributed by atoms with Crippen LogP contribution in [-0.4, -0.2) is 27.8 Å². The standard InChI is InChI=1S/C24H21N5O2S/c1-15-20(23(30)26-17-7-4-3-5-8-17)21(16-10-12-18(31-2)13-11-16)29-24(25-15)27-22(28-29)19-9-6-14-32-19/h3-14,21H,1-2H3,(H,26,30)(H,25,27,28). The fourth-order valence-corrected chi connectivity index (χ4v) is 4.42. The third-order valence-corrected chi connectivity index (χ3v) is 6.17. The first-order valence-corrected chi connectivity index (χ1v) is 11.0. The smallest absolute Gasteiger partial charge is 0.255 e. The number of ether oxygens (including phenoxy) is 1. The van der Waals surface area contributed by atoms with E-state index >= 15 is 0 Å². The fraction of sp³-hybridized carbons (Fsp3) is 0.125. The number of methoxy groups -OCH3 is 1. The summed E-state index contributed by atoms with van der Waals surface area (Å²) in [6.45, 7) is 1.89. The van der Waals surface area contributed by atoms with Crippen LogP contribution in [0.1, 0.15) is 18.5 Å². The number of carbonyl (C=O) groups is 1. The van der Waals surface area contributed by atoms with Crippen molar-refractivity contribution in [3.63, 3.8) is 0 Å². The number of thiophene rings is 1. The molecular weight excluding hydrogens is 422 g/mol. The normalized spacial score (nSPS) is 15.1. The second kappa shape index (κ2) is 8.32. The quantitative estimate of drug-likeness (QED) is 0.457. The topological polar surface area (TPSA) is 81.1 Å². The second-order valence-corrected chi connectivity index (χ2v) is 8.29. The Balaban J connectivity index is 1.60. The number of carbonyl (C=O) groups excluding carboxylic acids is 1. The van der Waals surface area contributed by atoms with Gasteiger partial charge in [0.2, 0.25) is 5.95 Å². The van der Waals surface area contributed by atoms with Gasteiger partial charge in [-0.15, -0.1) is 16.4 Å². The summed E-state index contributed by atoms with van der Waals surface area (Å²) in [5.41, 5.74) is 2.95. The molecule has 2 N–H and O–H groups in total. The maximum atomic E-state index is 13.4. The van der Waals surface area contributed by atoms with E-state index in [1.165, 1.54) is 0 Å². The van der Waals surface area contributed by atoms with Crippen molar-refractivity contribution >= 4 is 28.9 Å². The Morgan fingerprint density at radius 1 is 1.09 bits per heavy atom. The Hall–Kier alpha value is -3.91. The lowest BCUT2D eigenvalue weighted by atomic mass is 9.95. The van der Waals surface area contributed by atoms with E-state index in [0.717, 1.165) is 27.6 Å². The van der Waals surface area contributed by atoms with Gasteiger partial charge in [-0.25, -0.2) is 4.68 Å². The van der Waals surface area contributed by atoms with E-state index in [1.54, 1.807) is 23.1 Å². The van der Waals surface area contributed by atoms with Crippen molar-refractivity contribution in [1.29, 1.82) is 0 Å². The zero-order valence-electron chi connectivity index (χ0n) is 17.6. The molecule has 1 aliphatic rings. The van der Waals surface area contributed by atoms with E-state index in [9.17, 15) is 4.79 Å². The summed E-state index contributed by atoms with van der Waals surface area (Å²) >= 11 is 1.58. The highest BCUT2D eigenvalue weighted by Crippen LogP contribution is 2.37. The van der Waals surface area contributed by atoms with Gasteiger partial charge in [0, 0.05) is 11.4 Å². The number of aromatic nitrogens is 3. The number of anilines is 2. The molecule has 1 unspecified atom stereocenters. The molecule has 0 bridgehead atoms. The zero-order valence-corrected chi connectivity index (χ0v) is 18.4. The van der Waals surface area contributed by atoms with Crippen LogP contribution in [0.4, 0.5) is 11.6 Å². The molecule has 160 valence electrons. The van der Waals surface area contributed by atoms with E-state index < -0.39 is 6.04 Å². The molecule has 8 heteroatoms. The second-order valence-electron chi connectivity index (χ2n) is 7.34. The van der Waals surface area contributed by atoms with Crippen LogP contribution in [0.3, 0.4) is 0 Å². The maximum absolute atomic E-state index is 13.4. The van der Waals surface area contributed by atoms with Crippen molar-refractivity contribution in [2.45, 2.75) is 13.0 Å². The number of para-hydroxylation sites is 1. The van der Waals surface area contributed by atoms with Crippen molar-refractivity contribution in [3.8, 4) is 16.5 Å². The molecule has 7 nitrogen and oxygen atoms in total. The third kappa shape index (κ3) is 3.65. The van der Waals surface area contributed by atoms with Crippen LogP contribution >= 0.6 is 11.3 Å². The predicted octanol–water partition coefficient (Wildman–Crippen LogP) is 4.94. The minimum atomic E-state index is -0.443. The molecule has 5 rings (SSSR count). The average molecular weight is 444 g/mol. The molecule has 1 atom stereocenters. The molecule has 0 fully saturated rings. The molecule has 0 spiro atoms. The van der Waals surface area contributed by atoms with Crippen LogP contribution in [0.25, 0.3) is 10.7 Å². The summed E-state index contributed by atoms with van der Waals surface area (Å²) < 4.78 is 7.10. The minimum absolute atomic E-state index is 0.194. The Morgan fingerprint density at radius 2 is 1.88 bits per heavy atom. The Labute approximate surface area is 189 Å². The molecule has 2 aromatic heterocycles. The van der Waals surface area contributed by atoms with Gasteiger partial charge in [-0.1, -0.05) is 36.4 Å². The minimum Gasteiger partial charge on any atom is -0.497 e. The molecule has 0 saturated carbocycles. The highest BCUT2D eigenvalue weighted by molar-refractivity contribution is 7.13. The van der Waals surface area contributed by atoms with Gasteiger partial charge in [0.05, 0.1) is 17.6 Å². The SMILES string of the molecule is COc1ccc(C2C(C(=O)Nc3ccccc3)=C(C)Nc3nc(-c4cccs4)nn32)cc1. The fourth-order valence-electron chi connectivity index (χ4n) is 3.77. The van der Waals surface area contributed by atoms with Gasteiger partial charge in [-0.2, -0.15) is 4.98 Å². The highest BCUT2D eigenvalue weighted by Gasteiger charge is 2.34. The van der Waals surface area contributed by atoms with Crippen LogP contribution in [0.2, 0.25) is 0 Å². The van der Waals surface area contributed by atoms with Gasteiger partial charge in [0.1, 0.15) is 11.8 Å². The number of fused-ring (bicyclic) bond motifs is 1. The summed E-state index contributed by atoms with van der Waals surface area (Å²) in [5.74, 6) is 1.78. The lowest BCUT2D eigenvalue weighted by Gasteiger charge is -2.28. The third-order valence-electron chi connectivity index (χ3n) is 5.30. The van der Waals surface area contributed by atoms with E-state index in [2.05, 4.69) is 10.6 Å². The number of nitrogens with zero attached hydrogens (tertiary/aromatic N) is 3. The summed E-state index contributed by atoms with van der Waals surface area (Å²) in [5, 5.41) is 13.0. The lowest BCUT2D eigenvalue weighted by Crippen LogP contribution is -2.31. The Bertz CT molecular complexity index is 1280. The van der Waals surface area contributed by atoms with E-state index in [4.69, 9.17) is 14.8 Å². The number of benzene rings is 2. The summed E-state index contributed by atoms with van der Waals surface area (Å²) in [6.07, 6.45) is 0. The number of hydrogen-bond acceptors (Lipinski definition) is 6. The van der Waals surface area contributed by atoms with E-state index in [-0.39, 0.29) is 5.91 Å². The molecule has 1 aliphatic heterocycles. The molecular formula is C24H21N5O2S. The maximum Gasteiger partial charge on any atom is 0.255 e. The van der Waals surface area contributed by atoms with Crippen LogP contribution in [-0.2, 0) is 4.79 Å². The van der Waals surface area contributed by atoms with Crippen LogP contribution in [0.15, 0.2) is 83.4 Å². The zero-order chi connectivity index (χ0) is 22.1. The van der Waals surface area contributed by atoms with Gasteiger partial charge >= 0.3 is 0 Å². The number of allylic oxidation sites excluding steroid dienone is 1. The molecule has 0 aliphatic carbocycles. The summed E-state index contributed by atoms with van der Waals surface area (Å²) in [7, 11) is 1.63. The highest BCUT2D eigenvalue weighted by atomic mass is 32.1. The number of amides is 1. The Kier molecular flexibility index (Phi) is 5.20. The van der Waals surface area contributed by atoms with Crippen molar-refractivity contribution in [2.24, 2.45) is 0 Å². The first kappa shape index (κ1) is 20.0. The molecule has 3 heterocycles. The lowest BCUT2D eigenvalue weighted by molar-refractivity contribution is -0.113. The molecule has 0 radical (unpaired) electrons. The summed E-state index contributed by atoms with van der Waals surface area (Å²) in [4.78, 5) is 19.1. The van der Waals surface area contributed by atoms with Gasteiger partial charge in [-0.3, -0.25) is 4.79 Å². The predicted molar refractivity (Wildman–Crippen MR) is 126 cm³/mol.